The lowest BCUT2D eigenvalue weighted by molar-refractivity contribution is -0.384. The monoisotopic (exact) mass is 274 g/mol. The van der Waals surface area contributed by atoms with E-state index in [1.807, 2.05) is 0 Å². The van der Waals surface area contributed by atoms with E-state index in [0.29, 0.717) is 12.4 Å². The molecule has 0 heterocycles. The van der Waals surface area contributed by atoms with Crippen LogP contribution < -0.4 is 9.46 Å². The lowest BCUT2D eigenvalue weighted by Gasteiger charge is -2.08. The summed E-state index contributed by atoms with van der Waals surface area (Å²) in [6.45, 7) is 3.57. The van der Waals surface area contributed by atoms with Gasteiger partial charge in [0.25, 0.3) is 5.69 Å². The van der Waals surface area contributed by atoms with Crippen LogP contribution in [0.4, 0.5) is 11.4 Å². The molecule has 0 bridgehead atoms. The third-order valence-corrected chi connectivity index (χ3v) is 3.41. The van der Waals surface area contributed by atoms with Crippen LogP contribution in [0.25, 0.3) is 0 Å². The van der Waals surface area contributed by atoms with E-state index in [9.17, 15) is 18.5 Å². The summed E-state index contributed by atoms with van der Waals surface area (Å²) in [5, 5.41) is 10.9. The lowest BCUT2D eigenvalue weighted by atomic mass is 10.2. The Kier molecular flexibility index (Phi) is 4.49. The number of benzene rings is 1. The number of rotatable bonds is 6. The molecule has 1 N–H and O–H groups in total. The first-order valence-corrected chi connectivity index (χ1v) is 6.96. The fourth-order valence-electron chi connectivity index (χ4n) is 1.24. The molecule has 0 aromatic heterocycles. The molecule has 0 amide bonds. The van der Waals surface area contributed by atoms with Gasteiger partial charge in [-0.2, -0.15) is 0 Å². The van der Waals surface area contributed by atoms with Crippen LogP contribution in [0, 0.1) is 10.1 Å². The van der Waals surface area contributed by atoms with Crippen molar-refractivity contribution in [2.45, 2.75) is 13.8 Å². The van der Waals surface area contributed by atoms with Crippen molar-refractivity contribution in [2.75, 3.05) is 17.1 Å². The number of nitro benzene ring substituents is 1. The summed E-state index contributed by atoms with van der Waals surface area (Å²) in [7, 11) is -3.55. The van der Waals surface area contributed by atoms with Gasteiger partial charge in [-0.25, -0.2) is 8.42 Å². The number of nitro groups is 1. The Morgan fingerprint density at radius 2 is 2.06 bits per heavy atom. The van der Waals surface area contributed by atoms with Gasteiger partial charge in [-0.05, 0) is 26.0 Å². The third kappa shape index (κ3) is 3.59. The fraction of sp³-hybridized carbons (Fsp3) is 0.400. The minimum absolute atomic E-state index is 0.0645. The summed E-state index contributed by atoms with van der Waals surface area (Å²) in [4.78, 5) is 10.2. The van der Waals surface area contributed by atoms with E-state index in [0.717, 1.165) is 0 Å². The molecular formula is C10H14N2O5S. The average Bonchev–Trinajstić information content (AvgIpc) is 2.31. The van der Waals surface area contributed by atoms with Crippen molar-refractivity contribution in [2.24, 2.45) is 0 Å². The normalized spacial score (nSPS) is 11.0. The van der Waals surface area contributed by atoms with Crippen molar-refractivity contribution in [3.05, 3.63) is 28.3 Å². The first-order chi connectivity index (χ1) is 8.39. The second-order valence-corrected chi connectivity index (χ2v) is 5.39. The fourth-order valence-corrected chi connectivity index (χ4v) is 1.90. The minimum Gasteiger partial charge on any atom is -0.494 e. The van der Waals surface area contributed by atoms with E-state index in [1.165, 1.54) is 25.1 Å². The topological polar surface area (TPSA) is 98.5 Å². The van der Waals surface area contributed by atoms with Crippen molar-refractivity contribution in [1.82, 2.24) is 0 Å². The van der Waals surface area contributed by atoms with Crippen molar-refractivity contribution < 1.29 is 18.1 Å². The van der Waals surface area contributed by atoms with E-state index < -0.39 is 14.9 Å². The second kappa shape index (κ2) is 5.67. The van der Waals surface area contributed by atoms with Gasteiger partial charge >= 0.3 is 0 Å². The number of nitrogens with one attached hydrogen (secondary N) is 1. The molecule has 100 valence electrons. The van der Waals surface area contributed by atoms with Gasteiger partial charge in [0.15, 0.2) is 0 Å². The molecule has 0 atom stereocenters. The summed E-state index contributed by atoms with van der Waals surface area (Å²) in [6, 6.07) is 3.98. The van der Waals surface area contributed by atoms with Crippen LogP contribution in [0.3, 0.4) is 0 Å². The maximum absolute atomic E-state index is 11.4. The van der Waals surface area contributed by atoms with Crippen molar-refractivity contribution in [3.63, 3.8) is 0 Å². The number of sulfonamides is 1. The molecule has 0 unspecified atom stereocenters. The molecule has 0 aliphatic carbocycles. The highest BCUT2D eigenvalue weighted by atomic mass is 32.2. The summed E-state index contributed by atoms with van der Waals surface area (Å²) < 4.78 is 30.1. The van der Waals surface area contributed by atoms with Gasteiger partial charge in [0.2, 0.25) is 10.0 Å². The van der Waals surface area contributed by atoms with Gasteiger partial charge < -0.3 is 4.74 Å². The van der Waals surface area contributed by atoms with Crippen LogP contribution in [0.15, 0.2) is 18.2 Å². The summed E-state index contributed by atoms with van der Waals surface area (Å²) >= 11 is 0. The minimum atomic E-state index is -3.55. The van der Waals surface area contributed by atoms with Gasteiger partial charge in [-0.15, -0.1) is 0 Å². The molecule has 7 nitrogen and oxygen atoms in total. The molecule has 18 heavy (non-hydrogen) atoms. The molecule has 0 aliphatic heterocycles. The highest BCUT2D eigenvalue weighted by Gasteiger charge is 2.19. The van der Waals surface area contributed by atoms with E-state index in [-0.39, 0.29) is 17.1 Å². The molecule has 1 aromatic rings. The van der Waals surface area contributed by atoms with Crippen LogP contribution in [-0.2, 0) is 10.0 Å². The number of ether oxygens (including phenoxy) is 1. The van der Waals surface area contributed by atoms with E-state index >= 15 is 0 Å². The molecule has 1 aromatic carbocycles. The summed E-state index contributed by atoms with van der Waals surface area (Å²) in [6.07, 6.45) is 0. The smallest absolute Gasteiger partial charge is 0.297 e. The van der Waals surface area contributed by atoms with Gasteiger partial charge in [0.1, 0.15) is 11.4 Å². The zero-order valence-electron chi connectivity index (χ0n) is 10.0. The van der Waals surface area contributed by atoms with Crippen LogP contribution >= 0.6 is 0 Å². The highest BCUT2D eigenvalue weighted by Crippen LogP contribution is 2.29. The molecule has 0 saturated carbocycles. The van der Waals surface area contributed by atoms with Crippen molar-refractivity contribution >= 4 is 21.4 Å². The Balaban J connectivity index is 3.16. The maximum Gasteiger partial charge on any atom is 0.297 e. The Morgan fingerprint density at radius 3 is 2.56 bits per heavy atom. The average molecular weight is 274 g/mol. The summed E-state index contributed by atoms with van der Waals surface area (Å²) in [5.41, 5.74) is -0.400. The summed E-state index contributed by atoms with van der Waals surface area (Å²) in [5.74, 6) is 0.167. The maximum atomic E-state index is 11.4. The molecule has 0 radical (unpaired) electrons. The van der Waals surface area contributed by atoms with Crippen LogP contribution in [0.5, 0.6) is 5.75 Å². The number of hydrogen-bond donors (Lipinski definition) is 1. The van der Waals surface area contributed by atoms with Crippen LogP contribution in [-0.4, -0.2) is 25.7 Å². The number of nitrogens with zero attached hydrogens (tertiary/aromatic N) is 1. The Bertz CT molecular complexity index is 541. The van der Waals surface area contributed by atoms with Gasteiger partial charge in [0.05, 0.1) is 23.3 Å². The molecule has 0 fully saturated rings. The van der Waals surface area contributed by atoms with Gasteiger partial charge in [-0.1, -0.05) is 0 Å². The predicted molar refractivity (Wildman–Crippen MR) is 67.3 cm³/mol. The SMILES string of the molecule is CCOc1ccc(NS(=O)(=O)CC)c([N+](=O)[O-])c1. The Morgan fingerprint density at radius 1 is 1.39 bits per heavy atom. The molecule has 0 aliphatic rings. The first kappa shape index (κ1) is 14.2. The first-order valence-electron chi connectivity index (χ1n) is 5.31. The standard InChI is InChI=1S/C10H14N2O5S/c1-3-17-8-5-6-9(10(7-8)12(13)14)11-18(15,16)4-2/h5-7,11H,3-4H2,1-2H3. The zero-order chi connectivity index (χ0) is 13.8. The van der Waals surface area contributed by atoms with Crippen LogP contribution in [0.1, 0.15) is 13.8 Å². The predicted octanol–water partition coefficient (Wildman–Crippen LogP) is 1.76. The molecule has 8 heteroatoms. The largest absolute Gasteiger partial charge is 0.494 e. The van der Waals surface area contributed by atoms with Crippen LogP contribution in [0.2, 0.25) is 0 Å². The van der Waals surface area contributed by atoms with Gasteiger partial charge in [0, 0.05) is 0 Å². The number of hydrogen-bond acceptors (Lipinski definition) is 5. The zero-order valence-corrected chi connectivity index (χ0v) is 10.9. The van der Waals surface area contributed by atoms with E-state index in [2.05, 4.69) is 4.72 Å². The van der Waals surface area contributed by atoms with Crippen molar-refractivity contribution in [3.8, 4) is 5.75 Å². The molecular weight excluding hydrogens is 260 g/mol. The Hall–Kier alpha value is -1.83. The molecule has 0 saturated heterocycles. The lowest BCUT2D eigenvalue weighted by Crippen LogP contribution is -2.15. The number of anilines is 1. The molecule has 1 rings (SSSR count). The Labute approximate surface area is 105 Å². The quantitative estimate of drug-likeness (QED) is 0.629. The van der Waals surface area contributed by atoms with Gasteiger partial charge in [-0.3, -0.25) is 14.8 Å². The van der Waals surface area contributed by atoms with Crippen molar-refractivity contribution in [1.29, 1.82) is 0 Å². The second-order valence-electron chi connectivity index (χ2n) is 3.37. The van der Waals surface area contributed by atoms with E-state index in [1.54, 1.807) is 6.92 Å². The molecule has 0 spiro atoms. The van der Waals surface area contributed by atoms with E-state index in [4.69, 9.17) is 4.74 Å². The highest BCUT2D eigenvalue weighted by molar-refractivity contribution is 7.92. The third-order valence-electron chi connectivity index (χ3n) is 2.12.